The summed E-state index contributed by atoms with van der Waals surface area (Å²) in [6.45, 7) is 0. The monoisotopic (exact) mass is 328 g/mol. The predicted octanol–water partition coefficient (Wildman–Crippen LogP) is 4.85. The highest BCUT2D eigenvalue weighted by atomic mass is 17.0. The van der Waals surface area contributed by atoms with Crippen LogP contribution in [0.5, 0.6) is 23.0 Å². The van der Waals surface area contributed by atoms with Crippen molar-refractivity contribution in [3.05, 3.63) is 72.8 Å². The molecule has 25 heavy (non-hydrogen) atoms. The van der Waals surface area contributed by atoms with Gasteiger partial charge in [-0.1, -0.05) is 48.5 Å². The fourth-order valence-electron chi connectivity index (χ4n) is 3.55. The van der Waals surface area contributed by atoms with Crippen molar-refractivity contribution < 1.29 is 18.9 Å². The zero-order chi connectivity index (χ0) is 16.4. The largest absolute Gasteiger partial charge is 0.611 e. The predicted molar refractivity (Wildman–Crippen MR) is 93.1 cm³/mol. The summed E-state index contributed by atoms with van der Waals surface area (Å²) in [5.41, 5.74) is 0. The van der Waals surface area contributed by atoms with Crippen LogP contribution in [-0.2, 0) is 0 Å². The minimum Gasteiger partial charge on any atom is -0.385 e. The van der Waals surface area contributed by atoms with E-state index in [1.165, 1.54) is 0 Å². The molecule has 0 N–H and O–H groups in total. The smallest absolute Gasteiger partial charge is 0.385 e. The van der Waals surface area contributed by atoms with Crippen LogP contribution in [0, 0.1) is 0 Å². The van der Waals surface area contributed by atoms with Gasteiger partial charge in [0, 0.05) is 0 Å². The zero-order valence-electron chi connectivity index (χ0n) is 13.1. The highest BCUT2D eigenvalue weighted by molar-refractivity contribution is 5.95. The van der Waals surface area contributed by atoms with E-state index < -0.39 is 6.16 Å². The van der Waals surface area contributed by atoms with Gasteiger partial charge in [0.15, 0.2) is 0 Å². The summed E-state index contributed by atoms with van der Waals surface area (Å²) in [5, 5.41) is 3.92. The van der Waals surface area contributed by atoms with Gasteiger partial charge < -0.3 is 18.9 Å². The maximum absolute atomic E-state index is 6.05. The van der Waals surface area contributed by atoms with Crippen LogP contribution >= 0.6 is 0 Å². The van der Waals surface area contributed by atoms with Gasteiger partial charge in [0.25, 0.3) is 0 Å². The van der Waals surface area contributed by atoms with Gasteiger partial charge in [-0.15, -0.1) is 0 Å². The molecule has 2 aliphatic heterocycles. The molecule has 0 saturated carbocycles. The topological polar surface area (TPSA) is 36.9 Å². The Morgan fingerprint density at radius 2 is 0.760 bits per heavy atom. The van der Waals surface area contributed by atoms with Crippen LogP contribution < -0.4 is 18.9 Å². The van der Waals surface area contributed by atoms with E-state index in [4.69, 9.17) is 18.9 Å². The minimum absolute atomic E-state index is 0.672. The zero-order valence-corrected chi connectivity index (χ0v) is 13.1. The Morgan fingerprint density at radius 3 is 1.08 bits per heavy atom. The molecule has 0 radical (unpaired) electrons. The Balaban J connectivity index is 1.55. The maximum Gasteiger partial charge on any atom is 0.611 e. The standard InChI is InChI=1S/C21H12O4/c1-5-13-6-2-10-16-19(13)15(9-1)22-21(23-16)24-17-11-3-7-14-8-4-12-18(25-21)20(14)17/h1-12H. The number of ether oxygens (including phenoxy) is 4. The molecule has 0 fully saturated rings. The summed E-state index contributed by atoms with van der Waals surface area (Å²) in [6.07, 6.45) is -1.66. The molecule has 1 spiro atoms. The number of rotatable bonds is 0. The molecule has 0 atom stereocenters. The second kappa shape index (κ2) is 4.36. The first-order valence-corrected chi connectivity index (χ1v) is 8.11. The molecule has 2 heterocycles. The van der Waals surface area contributed by atoms with Gasteiger partial charge in [-0.05, 0) is 35.0 Å². The molecule has 4 aromatic carbocycles. The summed E-state index contributed by atoms with van der Waals surface area (Å²) in [5.74, 6) is 2.69. The Kier molecular flexibility index (Phi) is 2.26. The third-order valence-electron chi connectivity index (χ3n) is 4.60. The molecule has 120 valence electrons. The fraction of sp³-hybridized carbons (Fsp3) is 0.0476. The summed E-state index contributed by atoms with van der Waals surface area (Å²) < 4.78 is 24.2. The van der Waals surface area contributed by atoms with E-state index in [2.05, 4.69) is 0 Å². The van der Waals surface area contributed by atoms with E-state index in [-0.39, 0.29) is 0 Å². The van der Waals surface area contributed by atoms with Crippen LogP contribution in [0.3, 0.4) is 0 Å². The number of hydrogen-bond donors (Lipinski definition) is 0. The molecule has 0 bridgehead atoms. The van der Waals surface area contributed by atoms with E-state index in [9.17, 15) is 0 Å². The van der Waals surface area contributed by atoms with E-state index in [0.29, 0.717) is 23.0 Å². The molecule has 0 aliphatic carbocycles. The van der Waals surface area contributed by atoms with Gasteiger partial charge in [0.2, 0.25) is 0 Å². The number of benzene rings is 4. The lowest BCUT2D eigenvalue weighted by Gasteiger charge is -2.38. The second-order valence-corrected chi connectivity index (χ2v) is 6.13. The molecule has 0 amide bonds. The molecule has 4 nitrogen and oxygen atoms in total. The van der Waals surface area contributed by atoms with Crippen LogP contribution in [-0.4, -0.2) is 6.16 Å². The molecule has 2 aliphatic rings. The first-order chi connectivity index (χ1) is 12.3. The molecule has 0 saturated heterocycles. The van der Waals surface area contributed by atoms with Crippen LogP contribution in [0.1, 0.15) is 0 Å². The molecule has 4 aromatic rings. The SMILES string of the molecule is c1cc2c3c(cccc3c1)OC1(O2)Oc2cccc3cccc(c23)O1. The number of hydrogen-bond acceptors (Lipinski definition) is 4. The average molecular weight is 328 g/mol. The Morgan fingerprint density at radius 1 is 0.440 bits per heavy atom. The van der Waals surface area contributed by atoms with Crippen LogP contribution in [0.2, 0.25) is 0 Å². The maximum atomic E-state index is 6.05. The summed E-state index contributed by atoms with van der Waals surface area (Å²) >= 11 is 0. The lowest BCUT2D eigenvalue weighted by Crippen LogP contribution is -2.55. The van der Waals surface area contributed by atoms with Gasteiger partial charge in [0.1, 0.15) is 23.0 Å². The normalized spacial score (nSPS) is 16.0. The first-order valence-electron chi connectivity index (χ1n) is 8.11. The second-order valence-electron chi connectivity index (χ2n) is 6.13. The molecule has 6 rings (SSSR count). The van der Waals surface area contributed by atoms with Gasteiger partial charge in [-0.25, -0.2) is 0 Å². The first kappa shape index (κ1) is 13.0. The fourth-order valence-corrected chi connectivity index (χ4v) is 3.55. The molecule has 0 unspecified atom stereocenters. The van der Waals surface area contributed by atoms with Gasteiger partial charge in [-0.3, -0.25) is 0 Å². The third-order valence-corrected chi connectivity index (χ3v) is 4.60. The third kappa shape index (κ3) is 1.71. The van der Waals surface area contributed by atoms with E-state index in [1.54, 1.807) is 0 Å². The lowest BCUT2D eigenvalue weighted by molar-refractivity contribution is -0.372. The van der Waals surface area contributed by atoms with Crippen LogP contribution in [0.4, 0.5) is 0 Å². The Hall–Kier alpha value is -3.40. The molecule has 0 aromatic heterocycles. The molecular weight excluding hydrogens is 316 g/mol. The minimum atomic E-state index is -1.66. The Labute approximate surface area is 143 Å². The van der Waals surface area contributed by atoms with Crippen LogP contribution in [0.25, 0.3) is 21.5 Å². The summed E-state index contributed by atoms with van der Waals surface area (Å²) in [7, 11) is 0. The van der Waals surface area contributed by atoms with E-state index in [1.807, 2.05) is 72.8 Å². The van der Waals surface area contributed by atoms with Crippen molar-refractivity contribution in [2.45, 2.75) is 6.16 Å². The molecular formula is C21H12O4. The van der Waals surface area contributed by atoms with Crippen molar-refractivity contribution in [2.24, 2.45) is 0 Å². The Bertz CT molecular complexity index is 987. The van der Waals surface area contributed by atoms with Crippen molar-refractivity contribution in [2.75, 3.05) is 0 Å². The van der Waals surface area contributed by atoms with Crippen LogP contribution in [0.15, 0.2) is 72.8 Å². The van der Waals surface area contributed by atoms with Crippen molar-refractivity contribution >= 4 is 21.5 Å². The summed E-state index contributed by atoms with van der Waals surface area (Å²) in [6, 6.07) is 23.4. The van der Waals surface area contributed by atoms with Crippen molar-refractivity contribution in [1.82, 2.24) is 0 Å². The van der Waals surface area contributed by atoms with E-state index in [0.717, 1.165) is 21.5 Å². The highest BCUT2D eigenvalue weighted by Crippen LogP contribution is 2.47. The average Bonchev–Trinajstić information content (AvgIpc) is 2.62. The van der Waals surface area contributed by atoms with Gasteiger partial charge in [0.05, 0.1) is 10.8 Å². The van der Waals surface area contributed by atoms with Crippen molar-refractivity contribution in [1.29, 1.82) is 0 Å². The van der Waals surface area contributed by atoms with Crippen molar-refractivity contribution in [3.63, 3.8) is 0 Å². The van der Waals surface area contributed by atoms with Gasteiger partial charge in [-0.2, -0.15) is 0 Å². The van der Waals surface area contributed by atoms with E-state index >= 15 is 0 Å². The highest BCUT2D eigenvalue weighted by Gasteiger charge is 2.49. The summed E-state index contributed by atoms with van der Waals surface area (Å²) in [4.78, 5) is 0. The van der Waals surface area contributed by atoms with Crippen molar-refractivity contribution in [3.8, 4) is 23.0 Å². The van der Waals surface area contributed by atoms with Gasteiger partial charge >= 0.3 is 6.16 Å². The molecule has 4 heteroatoms. The lowest BCUT2D eigenvalue weighted by atomic mass is 10.1. The quantitative estimate of drug-likeness (QED) is 0.462.